The molecule has 4 N–H and O–H groups in total. The summed E-state index contributed by atoms with van der Waals surface area (Å²) in [6, 6.07) is 1.84. The Kier molecular flexibility index (Phi) is 8.99. The fourth-order valence-corrected chi connectivity index (χ4v) is 6.06. The van der Waals surface area contributed by atoms with Gasteiger partial charge in [-0.05, 0) is 43.7 Å². The SMILES string of the molecule is COC(=O)c1c(F)ccc(Cl)c1NC(=O)C1CCC(C2CCCCCCCC2)(N2CCNC2)NN1. The minimum atomic E-state index is -0.893. The Morgan fingerprint density at radius 1 is 1.14 bits per heavy atom. The van der Waals surface area contributed by atoms with Crippen LogP contribution in [0.2, 0.25) is 5.02 Å². The molecule has 10 heteroatoms. The van der Waals surface area contributed by atoms with Gasteiger partial charge in [0.2, 0.25) is 5.91 Å². The lowest BCUT2D eigenvalue weighted by atomic mass is 9.78. The molecule has 1 aromatic carbocycles. The molecule has 0 radical (unpaired) electrons. The zero-order valence-corrected chi connectivity index (χ0v) is 21.2. The van der Waals surface area contributed by atoms with Gasteiger partial charge in [0, 0.05) is 19.8 Å². The molecule has 0 bridgehead atoms. The number of methoxy groups -OCH3 is 1. The van der Waals surface area contributed by atoms with Gasteiger partial charge in [-0.15, -0.1) is 0 Å². The van der Waals surface area contributed by atoms with Crippen molar-refractivity contribution in [1.82, 2.24) is 21.1 Å². The number of esters is 1. The van der Waals surface area contributed by atoms with E-state index in [0.29, 0.717) is 12.3 Å². The van der Waals surface area contributed by atoms with Crippen LogP contribution in [0.1, 0.15) is 74.6 Å². The van der Waals surface area contributed by atoms with Crippen molar-refractivity contribution in [2.75, 3.05) is 32.2 Å². The average molecular weight is 510 g/mol. The van der Waals surface area contributed by atoms with Crippen molar-refractivity contribution in [3.8, 4) is 0 Å². The Hall–Kier alpha value is -1.78. The van der Waals surface area contributed by atoms with Crippen LogP contribution >= 0.6 is 11.6 Å². The highest BCUT2D eigenvalue weighted by Gasteiger charge is 2.47. The number of nitrogens with one attached hydrogen (secondary N) is 4. The van der Waals surface area contributed by atoms with Gasteiger partial charge < -0.3 is 15.4 Å². The summed E-state index contributed by atoms with van der Waals surface area (Å²) in [6.45, 7) is 2.74. The van der Waals surface area contributed by atoms with E-state index in [4.69, 9.17) is 16.3 Å². The fraction of sp³-hybridized carbons (Fsp3) is 0.680. The first kappa shape index (κ1) is 26.3. The summed E-state index contributed by atoms with van der Waals surface area (Å²) >= 11 is 6.22. The second-order valence-corrected chi connectivity index (χ2v) is 10.3. The molecule has 194 valence electrons. The fourth-order valence-electron chi connectivity index (χ4n) is 5.85. The molecule has 1 saturated carbocycles. The number of hydrogen-bond acceptors (Lipinski definition) is 7. The highest BCUT2D eigenvalue weighted by atomic mass is 35.5. The minimum Gasteiger partial charge on any atom is -0.465 e. The molecule has 2 atom stereocenters. The number of benzene rings is 1. The van der Waals surface area contributed by atoms with Gasteiger partial charge in [0.1, 0.15) is 17.4 Å². The van der Waals surface area contributed by atoms with Gasteiger partial charge in [0.15, 0.2) is 0 Å². The predicted octanol–water partition coefficient (Wildman–Crippen LogP) is 3.77. The molecular weight excluding hydrogens is 473 g/mol. The van der Waals surface area contributed by atoms with Crippen molar-refractivity contribution in [2.24, 2.45) is 5.92 Å². The van der Waals surface area contributed by atoms with Gasteiger partial charge in [-0.25, -0.2) is 20.0 Å². The largest absolute Gasteiger partial charge is 0.465 e. The molecule has 1 aromatic rings. The maximum atomic E-state index is 14.4. The van der Waals surface area contributed by atoms with Gasteiger partial charge in [-0.3, -0.25) is 9.69 Å². The first-order chi connectivity index (χ1) is 17.0. The second kappa shape index (κ2) is 12.0. The lowest BCUT2D eigenvalue weighted by Gasteiger charge is -2.51. The normalized spacial score (nSPS) is 27.0. The molecule has 1 amide bonds. The zero-order valence-electron chi connectivity index (χ0n) is 20.4. The Labute approximate surface area is 211 Å². The molecule has 3 fully saturated rings. The number of nitrogens with zero attached hydrogens (tertiary/aromatic N) is 1. The van der Waals surface area contributed by atoms with Crippen LogP contribution in [0.25, 0.3) is 0 Å². The number of amides is 1. The summed E-state index contributed by atoms with van der Waals surface area (Å²) in [5, 5.41) is 6.20. The molecule has 3 aliphatic rings. The van der Waals surface area contributed by atoms with Crippen molar-refractivity contribution < 1.29 is 18.7 Å². The monoisotopic (exact) mass is 509 g/mol. The molecule has 2 aliphatic heterocycles. The minimum absolute atomic E-state index is 0.0674. The third-order valence-corrected chi connectivity index (χ3v) is 8.11. The van der Waals surface area contributed by atoms with E-state index in [0.717, 1.165) is 39.4 Å². The van der Waals surface area contributed by atoms with E-state index in [1.54, 1.807) is 0 Å². The van der Waals surface area contributed by atoms with E-state index in [9.17, 15) is 14.0 Å². The predicted molar refractivity (Wildman–Crippen MR) is 133 cm³/mol. The van der Waals surface area contributed by atoms with Crippen LogP contribution < -0.4 is 21.5 Å². The first-order valence-corrected chi connectivity index (χ1v) is 13.2. The lowest BCUT2D eigenvalue weighted by Crippen LogP contribution is -2.72. The number of hydrogen-bond donors (Lipinski definition) is 4. The van der Waals surface area contributed by atoms with Gasteiger partial charge in [0.05, 0.1) is 23.5 Å². The van der Waals surface area contributed by atoms with E-state index < -0.39 is 17.8 Å². The lowest BCUT2D eigenvalue weighted by molar-refractivity contribution is -0.122. The quantitative estimate of drug-likeness (QED) is 0.449. The molecule has 2 unspecified atom stereocenters. The van der Waals surface area contributed by atoms with Gasteiger partial charge in [-0.2, -0.15) is 0 Å². The number of rotatable bonds is 5. The topological polar surface area (TPSA) is 94.7 Å². The summed E-state index contributed by atoms with van der Waals surface area (Å²) in [4.78, 5) is 27.8. The number of carbonyl (C=O) groups excluding carboxylic acids is 2. The Bertz CT molecular complexity index is 893. The van der Waals surface area contributed by atoms with Crippen LogP contribution in [0, 0.1) is 11.7 Å². The van der Waals surface area contributed by atoms with Crippen molar-refractivity contribution in [3.63, 3.8) is 0 Å². The van der Waals surface area contributed by atoms with Crippen LogP contribution in [0.15, 0.2) is 12.1 Å². The molecule has 2 heterocycles. The standard InChI is InChI=1S/C25H37ClFN5O3/c1-35-24(34)21-19(27)11-10-18(26)22(21)29-23(33)20-12-13-25(31-30-20,32-15-14-28-16-32)17-8-6-4-2-3-5-7-9-17/h10-11,17,20,28,30-31H,2-9,12-16H2,1H3,(H,29,33). The summed E-state index contributed by atoms with van der Waals surface area (Å²) in [7, 11) is 1.16. The first-order valence-electron chi connectivity index (χ1n) is 12.8. The molecule has 0 spiro atoms. The van der Waals surface area contributed by atoms with Gasteiger partial charge >= 0.3 is 5.97 Å². The number of hydrazine groups is 1. The van der Waals surface area contributed by atoms with Crippen LogP contribution in [0.4, 0.5) is 10.1 Å². The summed E-state index contributed by atoms with van der Waals surface area (Å²) in [5.41, 5.74) is 6.18. The average Bonchev–Trinajstić information content (AvgIpc) is 3.45. The number of carbonyl (C=O) groups is 2. The maximum Gasteiger partial charge on any atom is 0.343 e. The Balaban J connectivity index is 1.49. The second-order valence-electron chi connectivity index (χ2n) is 9.86. The van der Waals surface area contributed by atoms with E-state index in [-0.39, 0.29) is 27.8 Å². The summed E-state index contributed by atoms with van der Waals surface area (Å²) in [5.74, 6) is -1.58. The van der Waals surface area contributed by atoms with Crippen molar-refractivity contribution in [1.29, 1.82) is 0 Å². The zero-order chi connectivity index (χ0) is 24.8. The number of anilines is 1. The van der Waals surface area contributed by atoms with Crippen LogP contribution in [-0.2, 0) is 9.53 Å². The third kappa shape index (κ3) is 5.80. The Morgan fingerprint density at radius 3 is 2.46 bits per heavy atom. The van der Waals surface area contributed by atoms with Crippen LogP contribution in [0.3, 0.4) is 0 Å². The van der Waals surface area contributed by atoms with Gasteiger partial charge in [-0.1, -0.05) is 50.1 Å². The van der Waals surface area contributed by atoms with E-state index in [1.165, 1.54) is 57.4 Å². The van der Waals surface area contributed by atoms with E-state index in [1.807, 2.05) is 0 Å². The highest BCUT2D eigenvalue weighted by Crippen LogP contribution is 2.38. The molecule has 4 rings (SSSR count). The molecule has 1 aliphatic carbocycles. The Morgan fingerprint density at radius 2 is 1.86 bits per heavy atom. The van der Waals surface area contributed by atoms with E-state index in [2.05, 4.69) is 26.4 Å². The van der Waals surface area contributed by atoms with Crippen LogP contribution in [0.5, 0.6) is 0 Å². The van der Waals surface area contributed by atoms with E-state index >= 15 is 0 Å². The number of ether oxygens (including phenoxy) is 1. The molecular formula is C25H37ClFN5O3. The van der Waals surface area contributed by atoms with Gasteiger partial charge in [0.25, 0.3) is 0 Å². The van der Waals surface area contributed by atoms with Crippen molar-refractivity contribution in [2.45, 2.75) is 75.9 Å². The van der Waals surface area contributed by atoms with Crippen molar-refractivity contribution in [3.05, 3.63) is 28.5 Å². The van der Waals surface area contributed by atoms with Crippen molar-refractivity contribution >= 4 is 29.2 Å². The molecule has 2 saturated heterocycles. The molecule has 35 heavy (non-hydrogen) atoms. The van der Waals surface area contributed by atoms with Crippen LogP contribution in [-0.4, -0.2) is 55.3 Å². The summed E-state index contributed by atoms with van der Waals surface area (Å²) in [6.07, 6.45) is 11.4. The summed E-state index contributed by atoms with van der Waals surface area (Å²) < 4.78 is 19.1. The third-order valence-electron chi connectivity index (χ3n) is 7.79. The molecule has 0 aromatic heterocycles. The smallest absolute Gasteiger partial charge is 0.343 e. The molecule has 8 nitrogen and oxygen atoms in total. The highest BCUT2D eigenvalue weighted by molar-refractivity contribution is 6.34. The number of halogens is 2. The maximum absolute atomic E-state index is 14.4.